The van der Waals surface area contributed by atoms with Crippen LogP contribution in [0.1, 0.15) is 36.3 Å². The Morgan fingerprint density at radius 2 is 1.46 bits per heavy atom. The lowest BCUT2D eigenvalue weighted by Crippen LogP contribution is -2.56. The van der Waals surface area contributed by atoms with Gasteiger partial charge in [-0.3, -0.25) is 4.79 Å². The minimum Gasteiger partial charge on any atom is -0.480 e. The van der Waals surface area contributed by atoms with Crippen LogP contribution in [-0.2, 0) is 9.59 Å². The molecule has 5 heteroatoms. The van der Waals surface area contributed by atoms with Crippen molar-refractivity contribution in [1.29, 1.82) is 0 Å². The molecule has 136 valence electrons. The van der Waals surface area contributed by atoms with Crippen LogP contribution in [0, 0.1) is 0 Å². The molecule has 2 aromatic rings. The van der Waals surface area contributed by atoms with E-state index in [2.05, 4.69) is 5.32 Å². The van der Waals surface area contributed by atoms with Crippen molar-refractivity contribution in [3.63, 3.8) is 0 Å². The Balaban J connectivity index is 1.80. The van der Waals surface area contributed by atoms with Crippen LogP contribution in [0.3, 0.4) is 0 Å². The van der Waals surface area contributed by atoms with E-state index in [0.717, 1.165) is 22.6 Å². The molecular weight excluding hydrogens is 346 g/mol. The monoisotopic (exact) mass is 369 g/mol. The maximum absolute atomic E-state index is 12.8. The zero-order valence-corrected chi connectivity index (χ0v) is 15.4. The van der Waals surface area contributed by atoms with Gasteiger partial charge < -0.3 is 10.4 Å². The fourth-order valence-corrected chi connectivity index (χ4v) is 4.60. The Morgan fingerprint density at radius 3 is 1.92 bits per heavy atom. The SMILES string of the molecule is O=C(CC(c1ccccc1)c1ccccc1)NC1(C(=O)O)CCSCC1. The number of aliphatic carboxylic acids is 1. The smallest absolute Gasteiger partial charge is 0.329 e. The Bertz CT molecular complexity index is 703. The number of nitrogens with one attached hydrogen (secondary N) is 1. The van der Waals surface area contributed by atoms with Gasteiger partial charge in [-0.25, -0.2) is 4.79 Å². The molecular formula is C21H23NO3S. The Labute approximate surface area is 158 Å². The number of benzene rings is 2. The second kappa shape index (κ2) is 8.41. The van der Waals surface area contributed by atoms with Gasteiger partial charge >= 0.3 is 5.97 Å². The normalized spacial score (nSPS) is 16.2. The van der Waals surface area contributed by atoms with Crippen molar-refractivity contribution < 1.29 is 14.7 Å². The molecule has 1 fully saturated rings. The van der Waals surface area contributed by atoms with E-state index in [1.807, 2.05) is 60.7 Å². The lowest BCUT2D eigenvalue weighted by Gasteiger charge is -2.34. The second-order valence-electron chi connectivity index (χ2n) is 6.63. The summed E-state index contributed by atoms with van der Waals surface area (Å²) in [5, 5.41) is 12.5. The van der Waals surface area contributed by atoms with E-state index in [4.69, 9.17) is 0 Å². The van der Waals surface area contributed by atoms with E-state index >= 15 is 0 Å². The molecule has 1 aliphatic heterocycles. The van der Waals surface area contributed by atoms with Crippen molar-refractivity contribution in [2.24, 2.45) is 0 Å². The van der Waals surface area contributed by atoms with Crippen molar-refractivity contribution in [1.82, 2.24) is 5.32 Å². The maximum Gasteiger partial charge on any atom is 0.329 e. The van der Waals surface area contributed by atoms with Crippen LogP contribution in [0.2, 0.25) is 0 Å². The van der Waals surface area contributed by atoms with Gasteiger partial charge in [0.05, 0.1) is 0 Å². The van der Waals surface area contributed by atoms with Crippen molar-refractivity contribution >= 4 is 23.6 Å². The van der Waals surface area contributed by atoms with Gasteiger partial charge in [-0.15, -0.1) is 0 Å². The molecule has 0 aliphatic carbocycles. The first-order chi connectivity index (χ1) is 12.6. The van der Waals surface area contributed by atoms with Gasteiger partial charge in [-0.2, -0.15) is 11.8 Å². The first-order valence-electron chi connectivity index (χ1n) is 8.83. The Kier molecular flexibility index (Phi) is 5.99. The number of rotatable bonds is 6. The molecule has 1 heterocycles. The number of amides is 1. The summed E-state index contributed by atoms with van der Waals surface area (Å²) >= 11 is 1.73. The van der Waals surface area contributed by atoms with E-state index in [1.54, 1.807) is 11.8 Å². The second-order valence-corrected chi connectivity index (χ2v) is 7.85. The van der Waals surface area contributed by atoms with Crippen LogP contribution in [-0.4, -0.2) is 34.0 Å². The quantitative estimate of drug-likeness (QED) is 0.815. The molecule has 1 amide bonds. The summed E-state index contributed by atoms with van der Waals surface area (Å²) in [6.45, 7) is 0. The van der Waals surface area contributed by atoms with E-state index in [0.29, 0.717) is 12.8 Å². The Hall–Kier alpha value is -2.27. The first kappa shape index (κ1) is 18.5. The molecule has 0 radical (unpaired) electrons. The third kappa shape index (κ3) is 4.28. The predicted molar refractivity (Wildman–Crippen MR) is 104 cm³/mol. The molecule has 0 aromatic heterocycles. The summed E-state index contributed by atoms with van der Waals surface area (Å²) in [5.74, 6) is 0.279. The summed E-state index contributed by atoms with van der Waals surface area (Å²) in [4.78, 5) is 24.6. The van der Waals surface area contributed by atoms with Gasteiger partial charge in [0.1, 0.15) is 5.54 Å². The minimum absolute atomic E-state index is 0.0961. The van der Waals surface area contributed by atoms with Crippen molar-refractivity contribution in [3.8, 4) is 0 Å². The van der Waals surface area contributed by atoms with Crippen LogP contribution in [0.5, 0.6) is 0 Å². The van der Waals surface area contributed by atoms with Crippen molar-refractivity contribution in [3.05, 3.63) is 71.8 Å². The molecule has 0 saturated carbocycles. The highest BCUT2D eigenvalue weighted by Gasteiger charge is 2.41. The highest BCUT2D eigenvalue weighted by atomic mass is 32.2. The topological polar surface area (TPSA) is 66.4 Å². The Morgan fingerprint density at radius 1 is 0.962 bits per heavy atom. The summed E-state index contributed by atoms with van der Waals surface area (Å²) < 4.78 is 0. The molecule has 0 atom stereocenters. The van der Waals surface area contributed by atoms with Crippen LogP contribution < -0.4 is 5.32 Å². The van der Waals surface area contributed by atoms with Crippen LogP contribution >= 0.6 is 11.8 Å². The molecule has 4 nitrogen and oxygen atoms in total. The fraction of sp³-hybridized carbons (Fsp3) is 0.333. The number of hydrogen-bond acceptors (Lipinski definition) is 3. The number of carbonyl (C=O) groups excluding carboxylic acids is 1. The van der Waals surface area contributed by atoms with E-state index in [9.17, 15) is 14.7 Å². The molecule has 1 saturated heterocycles. The molecule has 2 N–H and O–H groups in total. The highest BCUT2D eigenvalue weighted by Crippen LogP contribution is 2.30. The number of hydrogen-bond donors (Lipinski definition) is 2. The molecule has 0 bridgehead atoms. The average Bonchev–Trinajstić information content (AvgIpc) is 2.68. The number of carboxylic acids is 1. The fourth-order valence-electron chi connectivity index (χ4n) is 3.41. The van der Waals surface area contributed by atoms with E-state index in [1.165, 1.54) is 0 Å². The highest BCUT2D eigenvalue weighted by molar-refractivity contribution is 7.99. The predicted octanol–water partition coefficient (Wildman–Crippen LogP) is 3.68. The largest absolute Gasteiger partial charge is 0.480 e. The molecule has 0 spiro atoms. The lowest BCUT2D eigenvalue weighted by atomic mass is 9.87. The third-order valence-corrected chi connectivity index (χ3v) is 5.91. The number of thioether (sulfide) groups is 1. The maximum atomic E-state index is 12.8. The summed E-state index contributed by atoms with van der Waals surface area (Å²) in [6.07, 6.45) is 1.18. The van der Waals surface area contributed by atoms with Gasteiger partial charge in [-0.05, 0) is 35.5 Å². The zero-order chi connectivity index (χ0) is 18.4. The molecule has 3 rings (SSSR count). The summed E-state index contributed by atoms with van der Waals surface area (Å²) in [7, 11) is 0. The summed E-state index contributed by atoms with van der Waals surface area (Å²) in [6, 6.07) is 19.8. The molecule has 0 unspecified atom stereocenters. The van der Waals surface area contributed by atoms with E-state index < -0.39 is 11.5 Å². The van der Waals surface area contributed by atoms with Crippen LogP contribution in [0.15, 0.2) is 60.7 Å². The van der Waals surface area contributed by atoms with Crippen LogP contribution in [0.25, 0.3) is 0 Å². The molecule has 1 aliphatic rings. The minimum atomic E-state index is -1.12. The number of carboxylic acid groups (broad SMARTS) is 1. The average molecular weight is 369 g/mol. The van der Waals surface area contributed by atoms with Crippen molar-refractivity contribution in [2.45, 2.75) is 30.7 Å². The van der Waals surface area contributed by atoms with Crippen molar-refractivity contribution in [2.75, 3.05) is 11.5 Å². The first-order valence-corrected chi connectivity index (χ1v) is 9.98. The molecule has 2 aromatic carbocycles. The van der Waals surface area contributed by atoms with Gasteiger partial charge in [0.15, 0.2) is 0 Å². The van der Waals surface area contributed by atoms with Gasteiger partial charge in [-0.1, -0.05) is 60.7 Å². The van der Waals surface area contributed by atoms with Gasteiger partial charge in [0.2, 0.25) is 5.91 Å². The molecule has 26 heavy (non-hydrogen) atoms. The van der Waals surface area contributed by atoms with E-state index in [-0.39, 0.29) is 18.2 Å². The van der Waals surface area contributed by atoms with Crippen LogP contribution in [0.4, 0.5) is 0 Å². The zero-order valence-electron chi connectivity index (χ0n) is 14.6. The standard InChI is InChI=1S/C21H23NO3S/c23-19(22-21(20(24)25)11-13-26-14-12-21)15-18(16-7-3-1-4-8-16)17-9-5-2-6-10-17/h1-10,18H,11-15H2,(H,22,23)(H,24,25). The third-order valence-electron chi connectivity index (χ3n) is 4.93. The summed E-state index contributed by atoms with van der Waals surface area (Å²) in [5.41, 5.74) is 0.982. The van der Waals surface area contributed by atoms with Gasteiger partial charge in [0.25, 0.3) is 0 Å². The lowest BCUT2D eigenvalue weighted by molar-refractivity contribution is -0.148. The van der Waals surface area contributed by atoms with Gasteiger partial charge in [0, 0.05) is 12.3 Å². The number of carbonyl (C=O) groups is 2.